The molecule has 130 valence electrons. The predicted molar refractivity (Wildman–Crippen MR) is 103 cm³/mol. The van der Waals surface area contributed by atoms with E-state index in [1.807, 2.05) is 6.07 Å². The highest BCUT2D eigenvalue weighted by molar-refractivity contribution is 6.02. The molecule has 3 N–H and O–H groups in total. The molecule has 0 unspecified atom stereocenters. The van der Waals surface area contributed by atoms with Gasteiger partial charge in [0, 0.05) is 35.8 Å². The molecule has 0 aliphatic rings. The van der Waals surface area contributed by atoms with Crippen molar-refractivity contribution in [2.24, 2.45) is 5.73 Å². The fourth-order valence-corrected chi connectivity index (χ4v) is 2.94. The molecule has 3 aromatic rings. The second-order valence-corrected chi connectivity index (χ2v) is 7.23. The summed E-state index contributed by atoms with van der Waals surface area (Å²) in [5.74, 6) is 0.541. The van der Waals surface area contributed by atoms with Gasteiger partial charge < -0.3 is 11.1 Å². The monoisotopic (exact) mass is 337 g/mol. The van der Waals surface area contributed by atoms with Gasteiger partial charge in [0.25, 0.3) is 0 Å². The van der Waals surface area contributed by atoms with Gasteiger partial charge in [-0.3, -0.25) is 0 Å². The van der Waals surface area contributed by atoms with E-state index < -0.39 is 0 Å². The largest absolute Gasteiger partial charge is 0.368 e. The number of nitrogens with one attached hydrogen (secondary N) is 1. The molecule has 0 bridgehead atoms. The van der Waals surface area contributed by atoms with Crippen LogP contribution in [0.5, 0.6) is 0 Å². The average molecular weight is 337 g/mol. The van der Waals surface area contributed by atoms with Crippen LogP contribution in [0, 0.1) is 5.82 Å². The Morgan fingerprint density at radius 3 is 2.48 bits per heavy atom. The molecule has 25 heavy (non-hydrogen) atoms. The zero-order valence-electron chi connectivity index (χ0n) is 14.9. The maximum absolute atomic E-state index is 14.3. The van der Waals surface area contributed by atoms with E-state index in [0.29, 0.717) is 18.7 Å². The van der Waals surface area contributed by atoms with E-state index in [1.165, 1.54) is 11.6 Å². The molecular formula is C21H24FN3. The van der Waals surface area contributed by atoms with Gasteiger partial charge in [-0.2, -0.15) is 0 Å². The standard InChI is InChI=1S/C21H24FN3/c1-21(2,3)14-8-9-15-17(12-14)20(24-11-10-23)25-13-18(15)16-6-4-5-7-19(16)22/h4-9,12-13H,10-11,23H2,1-3H3,(H,24,25). The lowest BCUT2D eigenvalue weighted by Gasteiger charge is -2.21. The topological polar surface area (TPSA) is 50.9 Å². The summed E-state index contributed by atoms with van der Waals surface area (Å²) in [6, 6.07) is 13.1. The second kappa shape index (κ2) is 6.81. The molecule has 1 heterocycles. The minimum absolute atomic E-state index is 0.0212. The van der Waals surface area contributed by atoms with Crippen LogP contribution in [0.4, 0.5) is 10.2 Å². The van der Waals surface area contributed by atoms with E-state index in [9.17, 15) is 4.39 Å². The third kappa shape index (κ3) is 3.49. The summed E-state index contributed by atoms with van der Waals surface area (Å²) in [6.45, 7) is 7.69. The lowest BCUT2D eigenvalue weighted by atomic mass is 9.85. The van der Waals surface area contributed by atoms with Gasteiger partial charge >= 0.3 is 0 Å². The zero-order chi connectivity index (χ0) is 18.0. The van der Waals surface area contributed by atoms with Gasteiger partial charge in [-0.1, -0.05) is 51.1 Å². The Kier molecular flexibility index (Phi) is 4.73. The highest BCUT2D eigenvalue weighted by Gasteiger charge is 2.17. The van der Waals surface area contributed by atoms with Crippen LogP contribution >= 0.6 is 0 Å². The van der Waals surface area contributed by atoms with Crippen LogP contribution in [0.3, 0.4) is 0 Å². The van der Waals surface area contributed by atoms with Crippen LogP contribution in [0.2, 0.25) is 0 Å². The Hall–Kier alpha value is -2.46. The van der Waals surface area contributed by atoms with E-state index in [0.717, 1.165) is 22.2 Å². The molecular weight excluding hydrogens is 313 g/mol. The van der Waals surface area contributed by atoms with Crippen molar-refractivity contribution in [2.45, 2.75) is 26.2 Å². The number of pyridine rings is 1. The van der Waals surface area contributed by atoms with E-state index in [2.05, 4.69) is 49.3 Å². The van der Waals surface area contributed by atoms with Crippen LogP contribution in [-0.4, -0.2) is 18.1 Å². The van der Waals surface area contributed by atoms with Crippen molar-refractivity contribution < 1.29 is 4.39 Å². The molecule has 4 heteroatoms. The normalized spacial score (nSPS) is 11.7. The van der Waals surface area contributed by atoms with E-state index >= 15 is 0 Å². The number of hydrogen-bond acceptors (Lipinski definition) is 3. The minimum Gasteiger partial charge on any atom is -0.368 e. The minimum atomic E-state index is -0.242. The molecule has 0 aliphatic carbocycles. The van der Waals surface area contributed by atoms with Gasteiger partial charge in [-0.15, -0.1) is 0 Å². The van der Waals surface area contributed by atoms with Crippen LogP contribution in [-0.2, 0) is 5.41 Å². The highest BCUT2D eigenvalue weighted by Crippen LogP contribution is 2.35. The number of nitrogens with zero attached hydrogens (tertiary/aromatic N) is 1. The average Bonchev–Trinajstić information content (AvgIpc) is 2.59. The lowest BCUT2D eigenvalue weighted by molar-refractivity contribution is 0.591. The van der Waals surface area contributed by atoms with Gasteiger partial charge in [0.05, 0.1) is 0 Å². The van der Waals surface area contributed by atoms with Gasteiger partial charge in [0.2, 0.25) is 0 Å². The number of anilines is 1. The number of rotatable bonds is 4. The first-order valence-electron chi connectivity index (χ1n) is 8.54. The molecule has 3 nitrogen and oxygen atoms in total. The van der Waals surface area contributed by atoms with Crippen LogP contribution in [0.15, 0.2) is 48.7 Å². The fraction of sp³-hybridized carbons (Fsp3) is 0.286. The maximum atomic E-state index is 14.3. The Balaban J connectivity index is 2.26. The van der Waals surface area contributed by atoms with Crippen molar-refractivity contribution in [3.63, 3.8) is 0 Å². The molecule has 2 aromatic carbocycles. The lowest BCUT2D eigenvalue weighted by Crippen LogP contribution is -2.15. The number of aromatic nitrogens is 1. The molecule has 0 fully saturated rings. The summed E-state index contributed by atoms with van der Waals surface area (Å²) in [4.78, 5) is 4.55. The first-order chi connectivity index (χ1) is 11.9. The number of halogens is 1. The molecule has 0 spiro atoms. The summed E-state index contributed by atoms with van der Waals surface area (Å²) in [5.41, 5.74) is 8.21. The third-order valence-electron chi connectivity index (χ3n) is 4.35. The van der Waals surface area contributed by atoms with E-state index in [4.69, 9.17) is 5.73 Å². The van der Waals surface area contributed by atoms with Crippen molar-refractivity contribution >= 4 is 16.6 Å². The van der Waals surface area contributed by atoms with Crippen molar-refractivity contribution in [2.75, 3.05) is 18.4 Å². The molecule has 3 rings (SSSR count). The maximum Gasteiger partial charge on any atom is 0.133 e. The van der Waals surface area contributed by atoms with Gasteiger partial charge in [-0.05, 0) is 28.5 Å². The Morgan fingerprint density at radius 2 is 1.80 bits per heavy atom. The van der Waals surface area contributed by atoms with Crippen LogP contribution in [0.1, 0.15) is 26.3 Å². The molecule has 1 aromatic heterocycles. The SMILES string of the molecule is CC(C)(C)c1ccc2c(-c3ccccc3F)cnc(NCCN)c2c1. The summed E-state index contributed by atoms with van der Waals surface area (Å²) in [6.07, 6.45) is 1.73. The van der Waals surface area contributed by atoms with E-state index in [1.54, 1.807) is 18.3 Å². The van der Waals surface area contributed by atoms with Crippen molar-refractivity contribution in [3.8, 4) is 11.1 Å². The van der Waals surface area contributed by atoms with Gasteiger partial charge in [-0.25, -0.2) is 9.37 Å². The Labute approximate surface area is 148 Å². The first-order valence-corrected chi connectivity index (χ1v) is 8.54. The highest BCUT2D eigenvalue weighted by atomic mass is 19.1. The second-order valence-electron chi connectivity index (χ2n) is 7.23. The predicted octanol–water partition coefficient (Wildman–Crippen LogP) is 4.71. The van der Waals surface area contributed by atoms with Crippen LogP contribution in [0.25, 0.3) is 21.9 Å². The number of fused-ring (bicyclic) bond motifs is 1. The Bertz CT molecular complexity index is 897. The number of hydrogen-bond donors (Lipinski definition) is 2. The molecule has 0 atom stereocenters. The Morgan fingerprint density at radius 1 is 1.04 bits per heavy atom. The molecule has 0 saturated carbocycles. The van der Waals surface area contributed by atoms with Gasteiger partial charge in [0.1, 0.15) is 11.6 Å². The summed E-state index contributed by atoms with van der Waals surface area (Å²) in [7, 11) is 0. The number of benzene rings is 2. The number of nitrogens with two attached hydrogens (primary N) is 1. The van der Waals surface area contributed by atoms with Crippen molar-refractivity contribution in [3.05, 3.63) is 60.0 Å². The van der Waals surface area contributed by atoms with Crippen molar-refractivity contribution in [1.82, 2.24) is 4.98 Å². The third-order valence-corrected chi connectivity index (χ3v) is 4.35. The van der Waals surface area contributed by atoms with Crippen molar-refractivity contribution in [1.29, 1.82) is 0 Å². The quantitative estimate of drug-likeness (QED) is 0.725. The first kappa shape index (κ1) is 17.4. The van der Waals surface area contributed by atoms with Crippen LogP contribution < -0.4 is 11.1 Å². The molecule has 0 amide bonds. The summed E-state index contributed by atoms with van der Waals surface area (Å²) in [5, 5.41) is 5.25. The van der Waals surface area contributed by atoms with E-state index in [-0.39, 0.29) is 11.2 Å². The fourth-order valence-electron chi connectivity index (χ4n) is 2.94. The molecule has 0 radical (unpaired) electrons. The zero-order valence-corrected chi connectivity index (χ0v) is 14.9. The summed E-state index contributed by atoms with van der Waals surface area (Å²) < 4.78 is 14.3. The van der Waals surface area contributed by atoms with Gasteiger partial charge in [0.15, 0.2) is 0 Å². The molecule has 0 saturated heterocycles. The summed E-state index contributed by atoms with van der Waals surface area (Å²) >= 11 is 0. The smallest absolute Gasteiger partial charge is 0.133 e. The molecule has 0 aliphatic heterocycles.